The number of rotatable bonds is 7. The van der Waals surface area contributed by atoms with Gasteiger partial charge in [0.15, 0.2) is 0 Å². The summed E-state index contributed by atoms with van der Waals surface area (Å²) in [5.41, 5.74) is 0. The summed E-state index contributed by atoms with van der Waals surface area (Å²) < 4.78 is 2.98. The van der Waals surface area contributed by atoms with Crippen LogP contribution in [0.2, 0.25) is 4.44 Å². The average molecular weight is 299 g/mol. The molecule has 0 radical (unpaired) electrons. The van der Waals surface area contributed by atoms with Gasteiger partial charge in [0.1, 0.15) is 0 Å². The van der Waals surface area contributed by atoms with Crippen LogP contribution in [0, 0.1) is 0 Å². The van der Waals surface area contributed by atoms with E-state index in [2.05, 4.69) is 39.9 Å². The molecule has 0 saturated carbocycles. The quantitative estimate of drug-likeness (QED) is 0.440. The zero-order valence-electron chi connectivity index (χ0n) is 7.64. The first-order chi connectivity index (χ1) is 5.35. The number of thioether (sulfide) groups is 1. The van der Waals surface area contributed by atoms with Crippen LogP contribution >= 0.6 is 20.7 Å². The van der Waals surface area contributed by atoms with Gasteiger partial charge in [-0.05, 0) is 0 Å². The van der Waals surface area contributed by atoms with E-state index in [9.17, 15) is 0 Å². The summed E-state index contributed by atoms with van der Waals surface area (Å²) in [7, 11) is 4.30. The van der Waals surface area contributed by atoms with Gasteiger partial charge in [0.05, 0.1) is 0 Å². The molecule has 0 fully saturated rings. The second kappa shape index (κ2) is 9.55. The number of nitrogens with one attached hydrogen (secondary N) is 1. The Balaban J connectivity index is 3.20. The van der Waals surface area contributed by atoms with E-state index in [1.165, 1.54) is 14.0 Å². The molecule has 0 bridgehead atoms. The van der Waals surface area contributed by atoms with E-state index in [0.29, 0.717) is 0 Å². The summed E-state index contributed by atoms with van der Waals surface area (Å²) in [6.07, 6.45) is 0. The standard InChI is InChI=1S/C3H8NS.C2H6S.C2H5.Sn/c1-4-3-5-2;1-2-3;1-2;/h4H,2-3H2,1H3;3H,2H2,1H3;1H2,2H3;/q;;;+2/p-1. The van der Waals surface area contributed by atoms with Crippen molar-refractivity contribution in [1.82, 2.24) is 5.32 Å². The van der Waals surface area contributed by atoms with Crippen molar-refractivity contribution in [2.24, 2.45) is 0 Å². The summed E-state index contributed by atoms with van der Waals surface area (Å²) in [5, 5.41) is 3.17. The molecule has 11 heavy (non-hydrogen) atoms. The van der Waals surface area contributed by atoms with Crippen LogP contribution in [0.4, 0.5) is 0 Å². The van der Waals surface area contributed by atoms with Crippen LogP contribution in [0.3, 0.4) is 0 Å². The first-order valence-corrected chi connectivity index (χ1v) is 13.7. The van der Waals surface area contributed by atoms with Crippen LogP contribution in [0.1, 0.15) is 13.8 Å². The predicted molar refractivity (Wildman–Crippen MR) is 60.8 cm³/mol. The third-order valence-corrected chi connectivity index (χ3v) is 20.0. The SMILES string of the molecule is CC[S][Sn+]([CH2]C)[CH2]SCNC. The first-order valence-electron chi connectivity index (χ1n) is 4.05. The fourth-order valence-electron chi connectivity index (χ4n) is 0.717. The van der Waals surface area contributed by atoms with Gasteiger partial charge in [0.25, 0.3) is 0 Å². The normalized spacial score (nSPS) is 10.1. The van der Waals surface area contributed by atoms with E-state index < -0.39 is 18.4 Å². The maximum atomic E-state index is 3.17. The molecule has 0 amide bonds. The average Bonchev–Trinajstić information content (AvgIpc) is 2.03. The van der Waals surface area contributed by atoms with Crippen molar-refractivity contribution >= 4 is 39.1 Å². The van der Waals surface area contributed by atoms with Crippen molar-refractivity contribution in [3.8, 4) is 0 Å². The molecule has 0 rings (SSSR count). The van der Waals surface area contributed by atoms with Crippen molar-refractivity contribution in [1.29, 1.82) is 0 Å². The summed E-state index contributed by atoms with van der Waals surface area (Å²) in [4.78, 5) is 0. The third kappa shape index (κ3) is 7.81. The van der Waals surface area contributed by atoms with E-state index in [0.717, 1.165) is 5.88 Å². The molecule has 0 heterocycles. The minimum atomic E-state index is -0.931. The molecule has 0 aliphatic heterocycles. The Morgan fingerprint density at radius 1 is 1.36 bits per heavy atom. The Kier molecular flexibility index (Phi) is 10.8. The topological polar surface area (TPSA) is 12.0 Å². The van der Waals surface area contributed by atoms with E-state index in [1.54, 1.807) is 0 Å². The van der Waals surface area contributed by atoms with Crippen molar-refractivity contribution in [3.63, 3.8) is 0 Å². The predicted octanol–water partition coefficient (Wildman–Crippen LogP) is 2.20. The van der Waals surface area contributed by atoms with Gasteiger partial charge in [0.2, 0.25) is 0 Å². The first kappa shape index (κ1) is 12.5. The van der Waals surface area contributed by atoms with Gasteiger partial charge >= 0.3 is 85.1 Å². The zero-order chi connectivity index (χ0) is 8.53. The van der Waals surface area contributed by atoms with Gasteiger partial charge in [-0.15, -0.1) is 0 Å². The molecule has 0 saturated heterocycles. The fraction of sp³-hybridized carbons (Fsp3) is 1.00. The van der Waals surface area contributed by atoms with Crippen LogP contribution in [-0.2, 0) is 0 Å². The molecule has 0 aromatic rings. The van der Waals surface area contributed by atoms with E-state index >= 15 is 0 Å². The van der Waals surface area contributed by atoms with Gasteiger partial charge in [-0.3, -0.25) is 0 Å². The van der Waals surface area contributed by atoms with Crippen molar-refractivity contribution < 1.29 is 0 Å². The maximum absolute atomic E-state index is 3.17. The zero-order valence-corrected chi connectivity index (χ0v) is 12.1. The van der Waals surface area contributed by atoms with Crippen LogP contribution in [0.5, 0.6) is 0 Å². The molecule has 0 aromatic heterocycles. The molecule has 1 N–H and O–H groups in total. The van der Waals surface area contributed by atoms with Gasteiger partial charge in [-0.2, -0.15) is 0 Å². The Bertz CT molecular complexity index is 82.8. The van der Waals surface area contributed by atoms with Crippen molar-refractivity contribution in [2.45, 2.75) is 18.3 Å². The molecule has 0 aromatic carbocycles. The van der Waals surface area contributed by atoms with Crippen molar-refractivity contribution in [2.75, 3.05) is 22.4 Å². The molecule has 0 unspecified atom stereocenters. The number of hydrogen-bond donors (Lipinski definition) is 1. The molecule has 4 heteroatoms. The molecule has 0 aliphatic rings. The molecule has 1 nitrogen and oxygen atoms in total. The summed E-state index contributed by atoms with van der Waals surface area (Å²) in [6, 6.07) is 0. The van der Waals surface area contributed by atoms with Gasteiger partial charge in [-0.1, -0.05) is 0 Å². The summed E-state index contributed by atoms with van der Waals surface area (Å²) >= 11 is 1.15. The van der Waals surface area contributed by atoms with Crippen molar-refractivity contribution in [3.05, 3.63) is 0 Å². The van der Waals surface area contributed by atoms with Gasteiger partial charge < -0.3 is 0 Å². The summed E-state index contributed by atoms with van der Waals surface area (Å²) in [5.74, 6) is 2.47. The number of hydrogen-bond acceptors (Lipinski definition) is 3. The Morgan fingerprint density at radius 2 is 2.09 bits per heavy atom. The van der Waals surface area contributed by atoms with Crippen LogP contribution in [0.25, 0.3) is 0 Å². The molecule has 0 aliphatic carbocycles. The van der Waals surface area contributed by atoms with E-state index in [4.69, 9.17) is 0 Å². The molecule has 0 spiro atoms. The van der Waals surface area contributed by atoms with Gasteiger partial charge in [-0.25, -0.2) is 0 Å². The van der Waals surface area contributed by atoms with Crippen LogP contribution in [-0.4, -0.2) is 40.8 Å². The molecular formula is C7H18NS2Sn+. The second-order valence-corrected chi connectivity index (χ2v) is 17.9. The van der Waals surface area contributed by atoms with Gasteiger partial charge in [0, 0.05) is 0 Å². The Labute approximate surface area is 84.7 Å². The monoisotopic (exact) mass is 300 g/mol. The minimum absolute atomic E-state index is 0.931. The molecule has 0 atom stereocenters. The Hall–Kier alpha value is 1.46. The second-order valence-electron chi connectivity index (χ2n) is 2.17. The Morgan fingerprint density at radius 3 is 2.55 bits per heavy atom. The third-order valence-electron chi connectivity index (χ3n) is 1.25. The fourth-order valence-corrected chi connectivity index (χ4v) is 16.0. The van der Waals surface area contributed by atoms with E-state index in [1.807, 2.05) is 7.05 Å². The molecular weight excluding hydrogens is 281 g/mol. The molecule has 66 valence electrons. The van der Waals surface area contributed by atoms with E-state index in [-0.39, 0.29) is 0 Å². The summed E-state index contributed by atoms with van der Waals surface area (Å²) in [6.45, 7) is 4.64. The van der Waals surface area contributed by atoms with Crippen LogP contribution in [0.15, 0.2) is 0 Å². The van der Waals surface area contributed by atoms with Crippen LogP contribution < -0.4 is 5.32 Å².